The molecule has 20 heavy (non-hydrogen) atoms. The number of carbonyl (C=O) groups is 2. The summed E-state index contributed by atoms with van der Waals surface area (Å²) in [6.45, 7) is 3.47. The molecule has 0 aliphatic carbocycles. The van der Waals surface area contributed by atoms with E-state index in [0.29, 0.717) is 0 Å². The molecule has 1 aromatic rings. The number of anilines is 1. The molecule has 0 atom stereocenters. The Morgan fingerprint density at radius 2 is 2.05 bits per heavy atom. The van der Waals surface area contributed by atoms with Crippen molar-refractivity contribution in [1.29, 1.82) is 0 Å². The van der Waals surface area contributed by atoms with E-state index in [9.17, 15) is 14.7 Å². The van der Waals surface area contributed by atoms with Gasteiger partial charge in [-0.25, -0.2) is 0 Å². The van der Waals surface area contributed by atoms with Gasteiger partial charge in [-0.1, -0.05) is 0 Å². The molecular formula is C13H19N3O4. The van der Waals surface area contributed by atoms with Crippen molar-refractivity contribution in [2.45, 2.75) is 19.9 Å². The van der Waals surface area contributed by atoms with Crippen molar-refractivity contribution in [3.05, 3.63) is 17.7 Å². The molecule has 0 unspecified atom stereocenters. The maximum atomic E-state index is 11.9. The van der Waals surface area contributed by atoms with Gasteiger partial charge < -0.3 is 26.2 Å². The Hall–Kier alpha value is -2.44. The van der Waals surface area contributed by atoms with Crippen LogP contribution in [0, 0.1) is 0 Å². The van der Waals surface area contributed by atoms with Gasteiger partial charge in [0.15, 0.2) is 11.5 Å². The third kappa shape index (κ3) is 4.04. The summed E-state index contributed by atoms with van der Waals surface area (Å²) in [4.78, 5) is 23.3. The van der Waals surface area contributed by atoms with E-state index in [1.54, 1.807) is 0 Å². The predicted octanol–water partition coefficient (Wildman–Crippen LogP) is 0.237. The highest BCUT2D eigenvalue weighted by Crippen LogP contribution is 2.30. The van der Waals surface area contributed by atoms with Crippen LogP contribution in [-0.4, -0.2) is 36.6 Å². The molecule has 0 aliphatic rings. The lowest BCUT2D eigenvalue weighted by Gasteiger charge is -2.11. The minimum absolute atomic E-state index is 0.00509. The number of ether oxygens (including phenoxy) is 1. The Kier molecular flexibility index (Phi) is 5.19. The largest absolute Gasteiger partial charge is 0.504 e. The van der Waals surface area contributed by atoms with Gasteiger partial charge in [0.05, 0.1) is 19.2 Å². The minimum atomic E-state index is -0.542. The lowest BCUT2D eigenvalue weighted by atomic mass is 10.1. The minimum Gasteiger partial charge on any atom is -0.504 e. The van der Waals surface area contributed by atoms with E-state index in [1.165, 1.54) is 19.2 Å². The van der Waals surface area contributed by atoms with Gasteiger partial charge in [-0.05, 0) is 19.9 Å². The molecule has 0 fully saturated rings. The van der Waals surface area contributed by atoms with Gasteiger partial charge >= 0.3 is 0 Å². The Morgan fingerprint density at radius 3 is 2.60 bits per heavy atom. The summed E-state index contributed by atoms with van der Waals surface area (Å²) in [5.41, 5.74) is 5.94. The fourth-order valence-electron chi connectivity index (χ4n) is 1.57. The lowest BCUT2D eigenvalue weighted by molar-refractivity contribution is -0.120. The molecule has 0 saturated carbocycles. The summed E-state index contributed by atoms with van der Waals surface area (Å²) in [5.74, 6) is -0.862. The quantitative estimate of drug-likeness (QED) is 0.456. The molecule has 7 heteroatoms. The van der Waals surface area contributed by atoms with E-state index >= 15 is 0 Å². The molecule has 110 valence electrons. The summed E-state index contributed by atoms with van der Waals surface area (Å²) in [6, 6.07) is 2.54. The van der Waals surface area contributed by atoms with Crippen molar-refractivity contribution in [2.75, 3.05) is 19.4 Å². The van der Waals surface area contributed by atoms with Gasteiger partial charge in [-0.3, -0.25) is 9.59 Å². The number of carbonyl (C=O) groups excluding carboxylic acids is 2. The molecule has 1 aromatic carbocycles. The first-order valence-electron chi connectivity index (χ1n) is 6.09. The Bertz CT molecular complexity index is 515. The van der Waals surface area contributed by atoms with E-state index in [0.717, 1.165) is 0 Å². The fraction of sp³-hybridized carbons (Fsp3) is 0.385. The normalized spacial score (nSPS) is 10.2. The SMILES string of the molecule is COc1cc(N)c(C(=O)NCC(=O)NC(C)C)cc1O. The van der Waals surface area contributed by atoms with Crippen molar-refractivity contribution >= 4 is 17.5 Å². The van der Waals surface area contributed by atoms with E-state index in [2.05, 4.69) is 10.6 Å². The number of nitrogens with one attached hydrogen (secondary N) is 2. The third-order valence-corrected chi connectivity index (χ3v) is 2.45. The highest BCUT2D eigenvalue weighted by Gasteiger charge is 2.15. The molecule has 7 nitrogen and oxygen atoms in total. The molecule has 0 aromatic heterocycles. The first-order valence-corrected chi connectivity index (χ1v) is 6.09. The van der Waals surface area contributed by atoms with Gasteiger partial charge in [0.2, 0.25) is 5.91 Å². The van der Waals surface area contributed by atoms with Crippen molar-refractivity contribution in [3.8, 4) is 11.5 Å². The molecular weight excluding hydrogens is 262 g/mol. The van der Waals surface area contributed by atoms with Crippen molar-refractivity contribution in [1.82, 2.24) is 10.6 Å². The van der Waals surface area contributed by atoms with Crippen molar-refractivity contribution < 1.29 is 19.4 Å². The number of phenolic OH excluding ortho intramolecular Hbond substituents is 1. The number of amides is 2. The summed E-state index contributed by atoms with van der Waals surface area (Å²) in [7, 11) is 1.38. The second-order valence-electron chi connectivity index (χ2n) is 4.52. The van der Waals surface area contributed by atoms with Crippen LogP contribution in [0.1, 0.15) is 24.2 Å². The van der Waals surface area contributed by atoms with Gasteiger partial charge in [0.25, 0.3) is 5.91 Å². The van der Waals surface area contributed by atoms with Crippen LogP contribution in [0.2, 0.25) is 0 Å². The van der Waals surface area contributed by atoms with Crippen molar-refractivity contribution in [3.63, 3.8) is 0 Å². The Labute approximate surface area is 117 Å². The molecule has 0 heterocycles. The van der Waals surface area contributed by atoms with E-state index in [1.807, 2.05) is 13.8 Å². The summed E-state index contributed by atoms with van der Waals surface area (Å²) < 4.78 is 4.88. The van der Waals surface area contributed by atoms with Gasteiger partial charge in [-0.2, -0.15) is 0 Å². The molecule has 0 saturated heterocycles. The smallest absolute Gasteiger partial charge is 0.253 e. The first-order chi connectivity index (χ1) is 9.35. The molecule has 2 amide bonds. The topological polar surface area (TPSA) is 114 Å². The summed E-state index contributed by atoms with van der Waals surface area (Å²) in [5, 5.41) is 14.7. The maximum Gasteiger partial charge on any atom is 0.253 e. The third-order valence-electron chi connectivity index (χ3n) is 2.45. The monoisotopic (exact) mass is 281 g/mol. The number of methoxy groups -OCH3 is 1. The second kappa shape index (κ2) is 6.65. The highest BCUT2D eigenvalue weighted by molar-refractivity contribution is 6.01. The number of hydrogen-bond donors (Lipinski definition) is 4. The zero-order valence-electron chi connectivity index (χ0n) is 11.7. The lowest BCUT2D eigenvalue weighted by Crippen LogP contribution is -2.39. The van der Waals surface area contributed by atoms with E-state index in [4.69, 9.17) is 10.5 Å². The fourth-order valence-corrected chi connectivity index (χ4v) is 1.57. The zero-order valence-corrected chi connectivity index (χ0v) is 11.7. The van der Waals surface area contributed by atoms with Crippen LogP contribution in [-0.2, 0) is 4.79 Å². The second-order valence-corrected chi connectivity index (χ2v) is 4.52. The Balaban J connectivity index is 2.73. The molecule has 5 N–H and O–H groups in total. The predicted molar refractivity (Wildman–Crippen MR) is 74.7 cm³/mol. The van der Waals surface area contributed by atoms with Crippen LogP contribution in [0.3, 0.4) is 0 Å². The van der Waals surface area contributed by atoms with Crippen LogP contribution in [0.4, 0.5) is 5.69 Å². The average molecular weight is 281 g/mol. The first kappa shape index (κ1) is 15.6. The van der Waals surface area contributed by atoms with Crippen LogP contribution in [0.25, 0.3) is 0 Å². The number of aromatic hydroxyl groups is 1. The van der Waals surface area contributed by atoms with Crippen LogP contribution in [0.5, 0.6) is 11.5 Å². The number of benzene rings is 1. The maximum absolute atomic E-state index is 11.9. The van der Waals surface area contributed by atoms with Crippen LogP contribution < -0.4 is 21.1 Å². The summed E-state index contributed by atoms with van der Waals surface area (Å²) >= 11 is 0. The standard InChI is InChI=1S/C13H19N3O4/c1-7(2)16-12(18)6-15-13(19)8-4-10(17)11(20-3)5-9(8)14/h4-5,7,17H,6,14H2,1-3H3,(H,15,19)(H,16,18). The van der Waals surface area contributed by atoms with Gasteiger partial charge in [-0.15, -0.1) is 0 Å². The van der Waals surface area contributed by atoms with Crippen LogP contribution >= 0.6 is 0 Å². The zero-order chi connectivity index (χ0) is 15.3. The molecule has 1 rings (SSSR count). The van der Waals surface area contributed by atoms with Gasteiger partial charge in [0, 0.05) is 17.8 Å². The molecule has 0 bridgehead atoms. The molecule has 0 radical (unpaired) electrons. The molecule has 0 spiro atoms. The summed E-state index contributed by atoms with van der Waals surface area (Å²) in [6.07, 6.45) is 0. The molecule has 0 aliphatic heterocycles. The number of phenols is 1. The van der Waals surface area contributed by atoms with Crippen LogP contribution in [0.15, 0.2) is 12.1 Å². The highest BCUT2D eigenvalue weighted by atomic mass is 16.5. The Morgan fingerprint density at radius 1 is 1.40 bits per heavy atom. The average Bonchev–Trinajstić information content (AvgIpc) is 2.37. The number of nitrogens with two attached hydrogens (primary N) is 1. The van der Waals surface area contributed by atoms with Gasteiger partial charge in [0.1, 0.15) is 0 Å². The number of hydrogen-bond acceptors (Lipinski definition) is 5. The van der Waals surface area contributed by atoms with E-state index in [-0.39, 0.29) is 41.2 Å². The van der Waals surface area contributed by atoms with E-state index < -0.39 is 5.91 Å². The van der Waals surface area contributed by atoms with Crippen molar-refractivity contribution in [2.24, 2.45) is 0 Å². The number of rotatable bonds is 5. The number of nitrogen functional groups attached to an aromatic ring is 1.